The van der Waals surface area contributed by atoms with E-state index < -0.39 is 0 Å². The highest BCUT2D eigenvalue weighted by Crippen LogP contribution is 2.15. The molecule has 2 aromatic heterocycles. The number of aryl methyl sites for hydroxylation is 2. The highest BCUT2D eigenvalue weighted by Gasteiger charge is 2.07. The molecule has 18 heavy (non-hydrogen) atoms. The van der Waals surface area contributed by atoms with E-state index in [-0.39, 0.29) is 0 Å². The molecule has 0 bridgehead atoms. The Morgan fingerprint density at radius 1 is 1.28 bits per heavy atom. The maximum atomic E-state index is 5.95. The molecular formula is C14H18ClN3. The first-order valence-corrected chi connectivity index (χ1v) is 6.90. The van der Waals surface area contributed by atoms with Crippen LogP contribution in [0.1, 0.15) is 37.4 Å². The number of aromatic nitrogens is 3. The topological polar surface area (TPSA) is 30.7 Å². The van der Waals surface area contributed by atoms with Gasteiger partial charge in [0, 0.05) is 30.4 Å². The van der Waals surface area contributed by atoms with E-state index in [1.54, 1.807) is 0 Å². The Bertz CT molecular complexity index is 520. The summed E-state index contributed by atoms with van der Waals surface area (Å²) >= 11 is 5.95. The quantitative estimate of drug-likeness (QED) is 0.773. The van der Waals surface area contributed by atoms with E-state index in [4.69, 9.17) is 11.6 Å². The lowest BCUT2D eigenvalue weighted by atomic mass is 10.2. The molecule has 0 atom stereocenters. The largest absolute Gasteiger partial charge is 0.288 e. The molecule has 0 saturated carbocycles. The molecule has 96 valence electrons. The first-order chi connectivity index (χ1) is 8.78. The van der Waals surface area contributed by atoms with Crippen LogP contribution < -0.4 is 0 Å². The van der Waals surface area contributed by atoms with Crippen molar-refractivity contribution in [2.75, 3.05) is 0 Å². The molecule has 0 radical (unpaired) electrons. The van der Waals surface area contributed by atoms with Crippen molar-refractivity contribution in [3.05, 3.63) is 41.6 Å². The van der Waals surface area contributed by atoms with Crippen molar-refractivity contribution < 1.29 is 0 Å². The third kappa shape index (κ3) is 2.72. The second kappa shape index (κ2) is 6.01. The molecule has 0 aliphatic heterocycles. The number of rotatable bonds is 5. The summed E-state index contributed by atoms with van der Waals surface area (Å²) in [7, 11) is 0. The van der Waals surface area contributed by atoms with Crippen molar-refractivity contribution in [3.63, 3.8) is 0 Å². The van der Waals surface area contributed by atoms with Crippen LogP contribution in [0.2, 0.25) is 0 Å². The lowest BCUT2D eigenvalue weighted by Gasteiger charge is -2.09. The zero-order chi connectivity index (χ0) is 13.0. The lowest BCUT2D eigenvalue weighted by molar-refractivity contribution is 0.829. The summed E-state index contributed by atoms with van der Waals surface area (Å²) < 4.78 is 2.04. The zero-order valence-corrected chi connectivity index (χ0v) is 11.6. The molecule has 0 fully saturated rings. The van der Waals surface area contributed by atoms with Crippen molar-refractivity contribution in [3.8, 4) is 5.82 Å². The predicted molar refractivity (Wildman–Crippen MR) is 74.3 cm³/mol. The summed E-state index contributed by atoms with van der Waals surface area (Å²) in [6.07, 6.45) is 6.72. The van der Waals surface area contributed by atoms with Gasteiger partial charge >= 0.3 is 0 Å². The third-order valence-electron chi connectivity index (χ3n) is 2.87. The molecule has 0 amide bonds. The van der Waals surface area contributed by atoms with E-state index in [1.165, 1.54) is 0 Å². The minimum absolute atomic E-state index is 0.516. The molecule has 0 spiro atoms. The molecule has 0 unspecified atom stereocenters. The Balaban J connectivity index is 2.46. The first kappa shape index (κ1) is 13.1. The molecule has 0 N–H and O–H groups in total. The van der Waals surface area contributed by atoms with Crippen LogP contribution in [0, 0.1) is 0 Å². The smallest absolute Gasteiger partial charge is 0.138 e. The van der Waals surface area contributed by atoms with E-state index in [2.05, 4.69) is 29.9 Å². The van der Waals surface area contributed by atoms with Crippen LogP contribution in [0.4, 0.5) is 0 Å². The minimum atomic E-state index is 0.516. The van der Waals surface area contributed by atoms with Crippen molar-refractivity contribution in [1.29, 1.82) is 0 Å². The monoisotopic (exact) mass is 263 g/mol. The van der Waals surface area contributed by atoms with Gasteiger partial charge in [-0.3, -0.25) is 4.57 Å². The Kier molecular flexibility index (Phi) is 4.37. The molecule has 2 rings (SSSR count). The van der Waals surface area contributed by atoms with E-state index in [1.807, 2.05) is 23.0 Å². The van der Waals surface area contributed by atoms with Gasteiger partial charge in [0.1, 0.15) is 11.6 Å². The summed E-state index contributed by atoms with van der Waals surface area (Å²) in [6, 6.07) is 4.12. The number of nitrogens with zero attached hydrogens (tertiary/aromatic N) is 3. The van der Waals surface area contributed by atoms with Crippen molar-refractivity contribution in [2.45, 2.75) is 39.0 Å². The van der Waals surface area contributed by atoms with E-state index in [0.29, 0.717) is 5.88 Å². The van der Waals surface area contributed by atoms with Gasteiger partial charge in [-0.25, -0.2) is 9.97 Å². The van der Waals surface area contributed by atoms with Gasteiger partial charge in [-0.15, -0.1) is 11.6 Å². The van der Waals surface area contributed by atoms with Crippen LogP contribution in [-0.4, -0.2) is 14.5 Å². The average molecular weight is 264 g/mol. The second-order valence-corrected chi connectivity index (χ2v) is 4.54. The highest BCUT2D eigenvalue weighted by molar-refractivity contribution is 6.17. The maximum absolute atomic E-state index is 5.95. The maximum Gasteiger partial charge on any atom is 0.138 e. The molecule has 0 saturated heterocycles. The fraction of sp³-hybridized carbons (Fsp3) is 0.429. The van der Waals surface area contributed by atoms with Gasteiger partial charge in [0.2, 0.25) is 0 Å². The Morgan fingerprint density at radius 2 is 2.11 bits per heavy atom. The van der Waals surface area contributed by atoms with Crippen molar-refractivity contribution in [2.24, 2.45) is 0 Å². The Hall–Kier alpha value is -1.35. The summed E-state index contributed by atoms with van der Waals surface area (Å²) in [4.78, 5) is 9.02. The van der Waals surface area contributed by atoms with Gasteiger partial charge in [-0.1, -0.05) is 20.3 Å². The number of hydrogen-bond donors (Lipinski definition) is 0. The second-order valence-electron chi connectivity index (χ2n) is 4.28. The number of alkyl halides is 1. The van der Waals surface area contributed by atoms with Gasteiger partial charge in [0.05, 0.1) is 0 Å². The van der Waals surface area contributed by atoms with Gasteiger partial charge in [0.15, 0.2) is 0 Å². The third-order valence-corrected chi connectivity index (χ3v) is 3.17. The lowest BCUT2D eigenvalue weighted by Crippen LogP contribution is -2.04. The molecule has 3 nitrogen and oxygen atoms in total. The SMILES string of the molecule is CCCc1cc(CCl)cc(-n2ccnc2CC)n1. The van der Waals surface area contributed by atoms with E-state index >= 15 is 0 Å². The fourth-order valence-electron chi connectivity index (χ4n) is 2.02. The summed E-state index contributed by atoms with van der Waals surface area (Å²) in [5.74, 6) is 2.46. The van der Waals surface area contributed by atoms with Crippen molar-refractivity contribution >= 4 is 11.6 Å². The van der Waals surface area contributed by atoms with Gasteiger partial charge in [0.25, 0.3) is 0 Å². The average Bonchev–Trinajstić information content (AvgIpc) is 2.87. The molecular weight excluding hydrogens is 246 g/mol. The van der Waals surface area contributed by atoms with Gasteiger partial charge in [-0.2, -0.15) is 0 Å². The van der Waals surface area contributed by atoms with Crippen LogP contribution in [0.3, 0.4) is 0 Å². The molecule has 0 aliphatic rings. The number of imidazole rings is 1. The summed E-state index contributed by atoms with van der Waals surface area (Å²) in [5.41, 5.74) is 2.21. The Morgan fingerprint density at radius 3 is 2.78 bits per heavy atom. The predicted octanol–water partition coefficient (Wildman–Crippen LogP) is 3.52. The molecule has 0 aliphatic carbocycles. The van der Waals surface area contributed by atoms with Gasteiger partial charge in [-0.05, 0) is 24.1 Å². The van der Waals surface area contributed by atoms with E-state index in [0.717, 1.165) is 42.2 Å². The molecule has 2 aromatic rings. The minimum Gasteiger partial charge on any atom is -0.288 e. The summed E-state index contributed by atoms with van der Waals surface area (Å²) in [5, 5.41) is 0. The molecule has 2 heterocycles. The fourth-order valence-corrected chi connectivity index (χ4v) is 2.18. The first-order valence-electron chi connectivity index (χ1n) is 6.36. The number of hydrogen-bond acceptors (Lipinski definition) is 2. The van der Waals surface area contributed by atoms with Crippen LogP contribution in [0.25, 0.3) is 5.82 Å². The van der Waals surface area contributed by atoms with Crippen LogP contribution in [-0.2, 0) is 18.7 Å². The standard InChI is InChI=1S/C14H18ClN3/c1-3-5-12-8-11(10-15)9-14(17-12)18-7-6-16-13(18)4-2/h6-9H,3-5,10H2,1-2H3. The molecule has 4 heteroatoms. The number of halogens is 1. The summed E-state index contributed by atoms with van der Waals surface area (Å²) in [6.45, 7) is 4.25. The highest BCUT2D eigenvalue weighted by atomic mass is 35.5. The number of pyridine rings is 1. The normalized spacial score (nSPS) is 10.8. The Labute approximate surface area is 113 Å². The van der Waals surface area contributed by atoms with Crippen LogP contribution in [0.15, 0.2) is 24.5 Å². The van der Waals surface area contributed by atoms with Crippen LogP contribution >= 0.6 is 11.6 Å². The van der Waals surface area contributed by atoms with Crippen LogP contribution in [0.5, 0.6) is 0 Å². The molecule has 0 aromatic carbocycles. The van der Waals surface area contributed by atoms with Crippen molar-refractivity contribution in [1.82, 2.24) is 14.5 Å². The zero-order valence-electron chi connectivity index (χ0n) is 10.9. The van der Waals surface area contributed by atoms with E-state index in [9.17, 15) is 0 Å². The van der Waals surface area contributed by atoms with Gasteiger partial charge < -0.3 is 0 Å².